The van der Waals surface area contributed by atoms with Gasteiger partial charge in [-0.15, -0.1) is 0 Å². The van der Waals surface area contributed by atoms with Crippen LogP contribution in [-0.4, -0.2) is 37.4 Å². The molecule has 0 aliphatic carbocycles. The number of nitrogens with zero attached hydrogens (tertiary/aromatic N) is 3. The fourth-order valence-electron chi connectivity index (χ4n) is 3.50. The summed E-state index contributed by atoms with van der Waals surface area (Å²) < 4.78 is 0.572. The summed E-state index contributed by atoms with van der Waals surface area (Å²) in [7, 11) is 3.98. The van der Waals surface area contributed by atoms with Crippen molar-refractivity contribution in [1.29, 1.82) is 0 Å². The molecule has 0 radical (unpaired) electrons. The maximum atomic E-state index is 12.9. The van der Waals surface area contributed by atoms with E-state index in [4.69, 9.17) is 12.2 Å². The average molecular weight is 410 g/mol. The highest BCUT2D eigenvalue weighted by Gasteiger charge is 2.33. The second-order valence-electron chi connectivity index (χ2n) is 7.21. The van der Waals surface area contributed by atoms with E-state index in [-0.39, 0.29) is 5.91 Å². The van der Waals surface area contributed by atoms with Gasteiger partial charge in [-0.05, 0) is 60.9 Å². The smallest absolute Gasteiger partial charge is 0.270 e. The molecule has 0 N–H and O–H groups in total. The van der Waals surface area contributed by atoms with Crippen LogP contribution in [0.4, 0.5) is 17.1 Å². The number of rotatable bonds is 4. The van der Waals surface area contributed by atoms with Gasteiger partial charge >= 0.3 is 0 Å². The molecule has 2 fully saturated rings. The number of thiocarbonyl (C=S) groups is 1. The van der Waals surface area contributed by atoms with Crippen molar-refractivity contribution in [2.45, 2.75) is 12.8 Å². The van der Waals surface area contributed by atoms with Crippen molar-refractivity contribution >= 4 is 57.3 Å². The number of carbonyl (C=O) groups is 1. The maximum Gasteiger partial charge on any atom is 0.270 e. The highest BCUT2D eigenvalue weighted by molar-refractivity contribution is 8.27. The minimum atomic E-state index is -0.0591. The Hall–Kier alpha value is -2.31. The van der Waals surface area contributed by atoms with Crippen LogP contribution < -0.4 is 14.7 Å². The summed E-state index contributed by atoms with van der Waals surface area (Å²) in [6.45, 7) is 2.26. The summed E-state index contributed by atoms with van der Waals surface area (Å²) >= 11 is 6.84. The molecule has 2 aliphatic rings. The number of hydrogen-bond acceptors (Lipinski definition) is 5. The molecule has 4 rings (SSSR count). The third-order valence-corrected chi connectivity index (χ3v) is 6.38. The molecule has 0 saturated carbocycles. The standard InChI is InChI=1S/C22H23N3OS2/c1-23(2)17-9-11-19(12-10-17)25-21(26)20(28-22(25)27)15-16-5-7-18(8-6-16)24-13-3-4-14-24/h5-12,15H,3-4,13-14H2,1-2H3/b20-15-. The minimum Gasteiger partial charge on any atom is -0.378 e. The monoisotopic (exact) mass is 409 g/mol. The van der Waals surface area contributed by atoms with Gasteiger partial charge in [0.1, 0.15) is 0 Å². The predicted octanol–water partition coefficient (Wildman–Crippen LogP) is 4.76. The minimum absolute atomic E-state index is 0.0591. The van der Waals surface area contributed by atoms with Crippen molar-refractivity contribution < 1.29 is 4.79 Å². The van der Waals surface area contributed by atoms with Crippen LogP contribution in [0.5, 0.6) is 0 Å². The predicted molar refractivity (Wildman–Crippen MR) is 124 cm³/mol. The highest BCUT2D eigenvalue weighted by atomic mass is 32.2. The normalized spacial score (nSPS) is 18.4. The highest BCUT2D eigenvalue weighted by Crippen LogP contribution is 2.36. The molecule has 2 aliphatic heterocycles. The van der Waals surface area contributed by atoms with Crippen LogP contribution in [0.3, 0.4) is 0 Å². The molecule has 2 aromatic carbocycles. The Morgan fingerprint density at radius 2 is 1.57 bits per heavy atom. The van der Waals surface area contributed by atoms with E-state index in [1.807, 2.05) is 49.3 Å². The molecule has 2 aromatic rings. The van der Waals surface area contributed by atoms with E-state index in [0.29, 0.717) is 9.23 Å². The lowest BCUT2D eigenvalue weighted by Crippen LogP contribution is -2.27. The molecule has 0 spiro atoms. The van der Waals surface area contributed by atoms with Crippen LogP contribution in [0.1, 0.15) is 18.4 Å². The van der Waals surface area contributed by atoms with E-state index in [1.165, 1.54) is 30.3 Å². The molecule has 0 unspecified atom stereocenters. The van der Waals surface area contributed by atoms with Gasteiger partial charge in [-0.3, -0.25) is 9.69 Å². The Kier molecular flexibility index (Phi) is 5.42. The quantitative estimate of drug-likeness (QED) is 0.536. The van der Waals surface area contributed by atoms with Crippen molar-refractivity contribution in [3.8, 4) is 0 Å². The van der Waals surface area contributed by atoms with Crippen LogP contribution in [0.2, 0.25) is 0 Å². The van der Waals surface area contributed by atoms with Gasteiger partial charge in [-0.25, -0.2) is 0 Å². The van der Waals surface area contributed by atoms with Crippen molar-refractivity contribution in [1.82, 2.24) is 0 Å². The Balaban J connectivity index is 1.53. The average Bonchev–Trinajstić information content (AvgIpc) is 3.31. The Morgan fingerprint density at radius 3 is 2.18 bits per heavy atom. The summed E-state index contributed by atoms with van der Waals surface area (Å²) in [5.74, 6) is -0.0591. The van der Waals surface area contributed by atoms with Crippen LogP contribution in [0.15, 0.2) is 53.4 Å². The third kappa shape index (κ3) is 3.80. The van der Waals surface area contributed by atoms with Crippen molar-refractivity contribution in [3.63, 3.8) is 0 Å². The number of thioether (sulfide) groups is 1. The van der Waals surface area contributed by atoms with Crippen molar-refractivity contribution in [2.24, 2.45) is 0 Å². The summed E-state index contributed by atoms with van der Waals surface area (Å²) in [6.07, 6.45) is 4.46. The van der Waals surface area contributed by atoms with Gasteiger partial charge in [0.15, 0.2) is 4.32 Å². The Morgan fingerprint density at radius 1 is 0.964 bits per heavy atom. The molecular weight excluding hydrogens is 386 g/mol. The first-order chi connectivity index (χ1) is 13.5. The van der Waals surface area contributed by atoms with Gasteiger partial charge in [-0.1, -0.05) is 36.1 Å². The van der Waals surface area contributed by atoms with Gasteiger partial charge in [-0.2, -0.15) is 0 Å². The van der Waals surface area contributed by atoms with Crippen LogP contribution in [0.25, 0.3) is 6.08 Å². The SMILES string of the molecule is CN(C)c1ccc(N2C(=O)/C(=C/c3ccc(N4CCCC4)cc3)SC2=S)cc1. The number of hydrogen-bond donors (Lipinski definition) is 0. The zero-order chi connectivity index (χ0) is 19.7. The number of benzene rings is 2. The van der Waals surface area contributed by atoms with Crippen LogP contribution in [0, 0.1) is 0 Å². The fraction of sp³-hybridized carbons (Fsp3) is 0.273. The van der Waals surface area contributed by atoms with Gasteiger partial charge in [0.2, 0.25) is 0 Å². The third-order valence-electron chi connectivity index (χ3n) is 5.08. The molecule has 2 heterocycles. The Labute approximate surface area is 175 Å². The Bertz CT molecular complexity index is 914. The van der Waals surface area contributed by atoms with Crippen LogP contribution >= 0.6 is 24.0 Å². The number of carbonyl (C=O) groups excluding carboxylic acids is 1. The zero-order valence-electron chi connectivity index (χ0n) is 16.1. The number of anilines is 3. The molecule has 0 aromatic heterocycles. The lowest BCUT2D eigenvalue weighted by atomic mass is 10.1. The second-order valence-corrected chi connectivity index (χ2v) is 8.89. The van der Waals surface area contributed by atoms with E-state index < -0.39 is 0 Å². The summed E-state index contributed by atoms with van der Waals surface area (Å²) in [4.78, 5) is 19.7. The zero-order valence-corrected chi connectivity index (χ0v) is 17.7. The van der Waals surface area contributed by atoms with E-state index in [2.05, 4.69) is 29.2 Å². The van der Waals surface area contributed by atoms with Gasteiger partial charge in [0, 0.05) is 38.6 Å². The summed E-state index contributed by atoms with van der Waals surface area (Å²) in [5, 5.41) is 0. The van der Waals surface area contributed by atoms with E-state index >= 15 is 0 Å². The van der Waals surface area contributed by atoms with E-state index in [0.717, 1.165) is 30.0 Å². The molecule has 0 bridgehead atoms. The maximum absolute atomic E-state index is 12.9. The lowest BCUT2D eigenvalue weighted by molar-refractivity contribution is -0.113. The molecule has 144 valence electrons. The second kappa shape index (κ2) is 7.97. The molecule has 4 nitrogen and oxygen atoms in total. The molecular formula is C22H23N3OS2. The molecule has 1 amide bonds. The van der Waals surface area contributed by atoms with E-state index in [9.17, 15) is 4.79 Å². The first kappa shape index (κ1) is 19.0. The van der Waals surface area contributed by atoms with Crippen molar-refractivity contribution in [3.05, 3.63) is 59.0 Å². The van der Waals surface area contributed by atoms with Gasteiger partial charge in [0.25, 0.3) is 5.91 Å². The van der Waals surface area contributed by atoms with Gasteiger partial charge < -0.3 is 9.80 Å². The summed E-state index contributed by atoms with van der Waals surface area (Å²) in [6, 6.07) is 16.3. The van der Waals surface area contributed by atoms with Crippen LogP contribution in [-0.2, 0) is 4.79 Å². The number of amides is 1. The molecule has 28 heavy (non-hydrogen) atoms. The first-order valence-corrected chi connectivity index (χ1v) is 10.7. The summed E-state index contributed by atoms with van der Waals surface area (Å²) in [5.41, 5.74) is 4.17. The molecule has 2 saturated heterocycles. The fourth-order valence-corrected chi connectivity index (χ4v) is 4.80. The van der Waals surface area contributed by atoms with Crippen molar-refractivity contribution in [2.75, 3.05) is 41.9 Å². The topological polar surface area (TPSA) is 26.8 Å². The first-order valence-electron chi connectivity index (χ1n) is 9.43. The molecule has 6 heteroatoms. The van der Waals surface area contributed by atoms with E-state index in [1.54, 1.807) is 4.90 Å². The van der Waals surface area contributed by atoms with Gasteiger partial charge in [0.05, 0.1) is 10.6 Å². The lowest BCUT2D eigenvalue weighted by Gasteiger charge is -2.17. The largest absolute Gasteiger partial charge is 0.378 e. The molecule has 0 atom stereocenters.